The van der Waals surface area contributed by atoms with Gasteiger partial charge in [-0.15, -0.1) is 0 Å². The van der Waals surface area contributed by atoms with Gasteiger partial charge in [-0.05, 0) is 18.2 Å². The van der Waals surface area contributed by atoms with Crippen molar-refractivity contribution in [3.05, 3.63) is 46.7 Å². The number of aryl methyl sites for hydroxylation is 1. The topological polar surface area (TPSA) is 79.7 Å². The van der Waals surface area contributed by atoms with E-state index in [1.165, 1.54) is 0 Å². The van der Waals surface area contributed by atoms with Crippen LogP contribution in [0.3, 0.4) is 0 Å². The minimum Gasteiger partial charge on any atom is -0.409 e. The van der Waals surface area contributed by atoms with Crippen molar-refractivity contribution in [2.45, 2.75) is 6.54 Å². The van der Waals surface area contributed by atoms with Gasteiger partial charge < -0.3 is 15.8 Å². The fraction of sp³-hybridized carbons (Fsp3) is 0.231. The average molecular weight is 294 g/mol. The van der Waals surface area contributed by atoms with Crippen molar-refractivity contribution >= 4 is 23.1 Å². The molecular weight excluding hydrogens is 278 g/mol. The lowest BCUT2D eigenvalue weighted by atomic mass is 10.1. The first-order valence-corrected chi connectivity index (χ1v) is 6.35. The predicted molar refractivity (Wildman–Crippen MR) is 79.3 cm³/mol. The lowest BCUT2D eigenvalue weighted by Gasteiger charge is -2.20. The Morgan fingerprint density at radius 3 is 2.85 bits per heavy atom. The first-order chi connectivity index (χ1) is 9.51. The summed E-state index contributed by atoms with van der Waals surface area (Å²) >= 11 is 6.24. The molecule has 0 bridgehead atoms. The molecular formula is C13H16ClN5O. The van der Waals surface area contributed by atoms with Crippen LogP contribution in [0.5, 0.6) is 0 Å². The van der Waals surface area contributed by atoms with E-state index in [-0.39, 0.29) is 5.84 Å². The maximum Gasteiger partial charge on any atom is 0.170 e. The van der Waals surface area contributed by atoms with Gasteiger partial charge in [0, 0.05) is 38.0 Å². The molecule has 2 rings (SSSR count). The van der Waals surface area contributed by atoms with E-state index in [4.69, 9.17) is 22.5 Å². The zero-order chi connectivity index (χ0) is 14.7. The number of hydrogen-bond acceptors (Lipinski definition) is 4. The summed E-state index contributed by atoms with van der Waals surface area (Å²) in [5.41, 5.74) is 8.07. The summed E-state index contributed by atoms with van der Waals surface area (Å²) in [4.78, 5) is 2.01. The maximum atomic E-state index is 8.65. The number of rotatable bonds is 4. The highest BCUT2D eigenvalue weighted by molar-refractivity contribution is 6.33. The third-order valence-electron chi connectivity index (χ3n) is 2.94. The fourth-order valence-electron chi connectivity index (χ4n) is 1.95. The molecule has 0 aliphatic rings. The molecule has 0 saturated heterocycles. The van der Waals surface area contributed by atoms with Gasteiger partial charge in [-0.3, -0.25) is 4.68 Å². The van der Waals surface area contributed by atoms with Crippen LogP contribution in [0.1, 0.15) is 11.1 Å². The summed E-state index contributed by atoms with van der Waals surface area (Å²) in [6, 6.07) is 5.27. The summed E-state index contributed by atoms with van der Waals surface area (Å²) in [7, 11) is 3.82. The highest BCUT2D eigenvalue weighted by Gasteiger charge is 2.10. The van der Waals surface area contributed by atoms with Gasteiger partial charge in [0.15, 0.2) is 5.84 Å². The molecule has 0 fully saturated rings. The van der Waals surface area contributed by atoms with E-state index in [0.717, 1.165) is 11.3 Å². The second-order valence-corrected chi connectivity index (χ2v) is 4.94. The second-order valence-electron chi connectivity index (χ2n) is 4.53. The van der Waals surface area contributed by atoms with Crippen molar-refractivity contribution in [3.63, 3.8) is 0 Å². The summed E-state index contributed by atoms with van der Waals surface area (Å²) in [5.74, 6) is 0.0355. The minimum absolute atomic E-state index is 0.0355. The van der Waals surface area contributed by atoms with E-state index < -0.39 is 0 Å². The molecule has 0 radical (unpaired) electrons. The number of amidine groups is 1. The number of oxime groups is 1. The van der Waals surface area contributed by atoms with E-state index in [9.17, 15) is 0 Å². The second kappa shape index (κ2) is 5.83. The smallest absolute Gasteiger partial charge is 0.170 e. The molecule has 1 aromatic heterocycles. The molecule has 0 atom stereocenters. The van der Waals surface area contributed by atoms with Gasteiger partial charge in [0.05, 0.1) is 16.9 Å². The number of nitrogens with zero attached hydrogens (tertiary/aromatic N) is 4. The Balaban J connectivity index is 2.20. The van der Waals surface area contributed by atoms with E-state index in [1.54, 1.807) is 16.8 Å². The van der Waals surface area contributed by atoms with E-state index >= 15 is 0 Å². The summed E-state index contributed by atoms with van der Waals surface area (Å²) < 4.78 is 1.76. The molecule has 6 nitrogen and oxygen atoms in total. The lowest BCUT2D eigenvalue weighted by molar-refractivity contribution is 0.318. The van der Waals surface area contributed by atoms with Crippen molar-refractivity contribution in [2.75, 3.05) is 11.9 Å². The molecule has 2 aromatic rings. The van der Waals surface area contributed by atoms with Gasteiger partial charge in [-0.2, -0.15) is 5.10 Å². The molecule has 0 amide bonds. The van der Waals surface area contributed by atoms with E-state index in [0.29, 0.717) is 17.1 Å². The van der Waals surface area contributed by atoms with Gasteiger partial charge in [0.1, 0.15) is 0 Å². The minimum atomic E-state index is 0.0355. The van der Waals surface area contributed by atoms with E-state index in [1.807, 2.05) is 37.5 Å². The Morgan fingerprint density at radius 1 is 1.55 bits per heavy atom. The molecule has 0 aliphatic carbocycles. The van der Waals surface area contributed by atoms with Crippen LogP contribution < -0.4 is 10.6 Å². The lowest BCUT2D eigenvalue weighted by Crippen LogP contribution is -2.18. The quantitative estimate of drug-likeness (QED) is 0.390. The van der Waals surface area contributed by atoms with Crippen molar-refractivity contribution in [1.29, 1.82) is 0 Å². The van der Waals surface area contributed by atoms with Crippen LogP contribution in [0.2, 0.25) is 5.02 Å². The van der Waals surface area contributed by atoms with Gasteiger partial charge in [-0.25, -0.2) is 0 Å². The maximum absolute atomic E-state index is 8.65. The van der Waals surface area contributed by atoms with Crippen LogP contribution in [0.15, 0.2) is 35.7 Å². The van der Waals surface area contributed by atoms with Crippen LogP contribution in [-0.4, -0.2) is 27.9 Å². The molecule has 1 aromatic carbocycles. The normalized spacial score (nSPS) is 11.7. The highest BCUT2D eigenvalue weighted by atomic mass is 35.5. The number of halogens is 1. The molecule has 0 spiro atoms. The molecule has 3 N–H and O–H groups in total. The number of hydrogen-bond donors (Lipinski definition) is 2. The summed E-state index contributed by atoms with van der Waals surface area (Å²) in [6.45, 7) is 0.691. The standard InChI is InChI=1S/C13H16ClN5O/c1-18(7-9-6-16-19(2)8-9)12-4-3-10(5-11(12)14)13(15)17-20/h3-6,8,20H,7H2,1-2H3,(H2,15,17). The van der Waals surface area contributed by atoms with Crippen molar-refractivity contribution in [2.24, 2.45) is 17.9 Å². The van der Waals surface area contributed by atoms with Gasteiger partial charge in [0.25, 0.3) is 0 Å². The van der Waals surface area contributed by atoms with Crippen LogP contribution in [0, 0.1) is 0 Å². The molecule has 0 saturated carbocycles. The Kier molecular flexibility index (Phi) is 4.14. The van der Waals surface area contributed by atoms with Gasteiger partial charge in [0.2, 0.25) is 0 Å². The monoisotopic (exact) mass is 293 g/mol. The Morgan fingerprint density at radius 2 is 2.30 bits per heavy atom. The van der Waals surface area contributed by atoms with Crippen LogP contribution in [0.4, 0.5) is 5.69 Å². The Bertz CT molecular complexity index is 637. The third kappa shape index (κ3) is 3.03. The molecule has 7 heteroatoms. The zero-order valence-electron chi connectivity index (χ0n) is 11.3. The molecule has 0 unspecified atom stereocenters. The molecule has 20 heavy (non-hydrogen) atoms. The van der Waals surface area contributed by atoms with Crippen molar-refractivity contribution < 1.29 is 5.21 Å². The number of nitrogens with two attached hydrogens (primary N) is 1. The molecule has 106 valence electrons. The highest BCUT2D eigenvalue weighted by Crippen LogP contribution is 2.27. The van der Waals surface area contributed by atoms with Crippen molar-refractivity contribution in [3.8, 4) is 0 Å². The van der Waals surface area contributed by atoms with Gasteiger partial charge in [-0.1, -0.05) is 16.8 Å². The first-order valence-electron chi connectivity index (χ1n) is 5.97. The molecule has 0 aliphatic heterocycles. The number of anilines is 1. The zero-order valence-corrected chi connectivity index (χ0v) is 12.0. The average Bonchev–Trinajstić information content (AvgIpc) is 2.82. The van der Waals surface area contributed by atoms with Crippen LogP contribution in [0.25, 0.3) is 0 Å². The fourth-order valence-corrected chi connectivity index (χ4v) is 2.27. The van der Waals surface area contributed by atoms with E-state index in [2.05, 4.69) is 10.3 Å². The Hall–Kier alpha value is -2.21. The SMILES string of the molecule is CN(Cc1cnn(C)c1)c1ccc(C(N)=NO)cc1Cl. The number of benzene rings is 1. The Labute approximate surface area is 122 Å². The first kappa shape index (κ1) is 14.2. The van der Waals surface area contributed by atoms with Crippen LogP contribution in [-0.2, 0) is 13.6 Å². The van der Waals surface area contributed by atoms with Crippen molar-refractivity contribution in [1.82, 2.24) is 9.78 Å². The van der Waals surface area contributed by atoms with Crippen LogP contribution >= 0.6 is 11.6 Å². The number of aromatic nitrogens is 2. The third-order valence-corrected chi connectivity index (χ3v) is 3.24. The largest absolute Gasteiger partial charge is 0.409 e. The summed E-state index contributed by atoms with van der Waals surface area (Å²) in [6.07, 6.45) is 3.77. The van der Waals surface area contributed by atoms with Gasteiger partial charge >= 0.3 is 0 Å². The summed E-state index contributed by atoms with van der Waals surface area (Å²) in [5, 5.41) is 16.3. The molecule has 1 heterocycles. The predicted octanol–water partition coefficient (Wildman–Crippen LogP) is 1.80.